The van der Waals surface area contributed by atoms with E-state index >= 15 is 0 Å². The SMILES string of the molecule is CCOC1CCC(O)(C2CNC2)CC1. The fourth-order valence-electron chi connectivity index (χ4n) is 2.57. The minimum atomic E-state index is -0.390. The zero-order valence-corrected chi connectivity index (χ0v) is 8.96. The second-order valence-corrected chi connectivity index (χ2v) is 4.61. The van der Waals surface area contributed by atoms with Crippen molar-refractivity contribution in [2.45, 2.75) is 44.3 Å². The molecule has 1 saturated heterocycles. The molecule has 0 amide bonds. The number of hydrogen-bond acceptors (Lipinski definition) is 3. The number of ether oxygens (including phenoxy) is 1. The van der Waals surface area contributed by atoms with E-state index in [0.29, 0.717) is 12.0 Å². The minimum absolute atomic E-state index is 0.390. The van der Waals surface area contributed by atoms with Crippen LogP contribution in [0.1, 0.15) is 32.6 Å². The van der Waals surface area contributed by atoms with Crippen LogP contribution in [0.2, 0.25) is 0 Å². The average Bonchev–Trinajstić information content (AvgIpc) is 2.06. The Hall–Kier alpha value is -0.120. The maximum atomic E-state index is 10.4. The van der Waals surface area contributed by atoms with Crippen LogP contribution in [-0.4, -0.2) is 36.5 Å². The van der Waals surface area contributed by atoms with Crippen LogP contribution in [0.5, 0.6) is 0 Å². The normalized spacial score (nSPS) is 39.4. The molecule has 0 aromatic carbocycles. The van der Waals surface area contributed by atoms with E-state index in [4.69, 9.17) is 4.74 Å². The molecule has 14 heavy (non-hydrogen) atoms. The second kappa shape index (κ2) is 4.17. The van der Waals surface area contributed by atoms with Crippen LogP contribution in [-0.2, 0) is 4.74 Å². The fourth-order valence-corrected chi connectivity index (χ4v) is 2.57. The monoisotopic (exact) mass is 199 g/mol. The molecule has 1 aliphatic carbocycles. The van der Waals surface area contributed by atoms with E-state index in [9.17, 15) is 5.11 Å². The van der Waals surface area contributed by atoms with Crippen molar-refractivity contribution in [3.63, 3.8) is 0 Å². The van der Waals surface area contributed by atoms with E-state index in [1.54, 1.807) is 0 Å². The summed E-state index contributed by atoms with van der Waals surface area (Å²) in [6.07, 6.45) is 4.30. The van der Waals surface area contributed by atoms with Crippen LogP contribution in [0, 0.1) is 5.92 Å². The first kappa shape index (κ1) is 10.4. The summed E-state index contributed by atoms with van der Waals surface area (Å²) in [5.74, 6) is 0.491. The predicted molar refractivity (Wildman–Crippen MR) is 55.2 cm³/mol. The molecule has 2 aliphatic rings. The Bertz CT molecular complexity index is 184. The fraction of sp³-hybridized carbons (Fsp3) is 1.00. The van der Waals surface area contributed by atoms with Gasteiger partial charge in [0.25, 0.3) is 0 Å². The summed E-state index contributed by atoms with van der Waals surface area (Å²) in [6.45, 7) is 4.83. The molecule has 0 bridgehead atoms. The lowest BCUT2D eigenvalue weighted by atomic mass is 9.72. The van der Waals surface area contributed by atoms with Crippen molar-refractivity contribution in [3.05, 3.63) is 0 Å². The molecular formula is C11H21NO2. The van der Waals surface area contributed by atoms with Gasteiger partial charge in [0.1, 0.15) is 0 Å². The molecule has 2 fully saturated rings. The van der Waals surface area contributed by atoms with Crippen LogP contribution in [0.4, 0.5) is 0 Å². The van der Waals surface area contributed by atoms with Crippen molar-refractivity contribution in [2.75, 3.05) is 19.7 Å². The Morgan fingerprint density at radius 3 is 2.43 bits per heavy atom. The van der Waals surface area contributed by atoms with Crippen LogP contribution >= 0.6 is 0 Å². The molecule has 0 radical (unpaired) electrons. The first-order valence-corrected chi connectivity index (χ1v) is 5.79. The van der Waals surface area contributed by atoms with Crippen LogP contribution < -0.4 is 5.32 Å². The van der Waals surface area contributed by atoms with Gasteiger partial charge in [-0.15, -0.1) is 0 Å². The Morgan fingerprint density at radius 2 is 2.00 bits per heavy atom. The zero-order chi connectivity index (χ0) is 10.0. The van der Waals surface area contributed by atoms with Crippen molar-refractivity contribution in [2.24, 2.45) is 5.92 Å². The molecule has 1 aliphatic heterocycles. The molecule has 3 heteroatoms. The standard InChI is InChI=1S/C11H21NO2/c1-2-14-10-3-5-11(13,6-4-10)9-7-12-8-9/h9-10,12-13H,2-8H2,1H3. The van der Waals surface area contributed by atoms with Crippen molar-refractivity contribution in [3.8, 4) is 0 Å². The predicted octanol–water partition coefficient (Wildman–Crippen LogP) is 0.916. The number of aliphatic hydroxyl groups is 1. The topological polar surface area (TPSA) is 41.5 Å². The summed E-state index contributed by atoms with van der Waals surface area (Å²) < 4.78 is 5.58. The van der Waals surface area contributed by atoms with E-state index in [0.717, 1.165) is 45.4 Å². The molecule has 1 saturated carbocycles. The number of nitrogens with one attached hydrogen (secondary N) is 1. The molecule has 2 N–H and O–H groups in total. The van der Waals surface area contributed by atoms with Gasteiger partial charge in [-0.2, -0.15) is 0 Å². The third-order valence-electron chi connectivity index (χ3n) is 3.74. The van der Waals surface area contributed by atoms with E-state index < -0.39 is 5.60 Å². The molecule has 2 rings (SSSR count). The van der Waals surface area contributed by atoms with Gasteiger partial charge in [-0.3, -0.25) is 0 Å². The molecule has 0 atom stereocenters. The first-order valence-electron chi connectivity index (χ1n) is 5.79. The maximum absolute atomic E-state index is 10.4. The second-order valence-electron chi connectivity index (χ2n) is 4.61. The van der Waals surface area contributed by atoms with Gasteiger partial charge in [-0.1, -0.05) is 0 Å². The highest BCUT2D eigenvalue weighted by molar-refractivity contribution is 4.97. The Kier molecular flexibility index (Phi) is 3.10. The summed E-state index contributed by atoms with van der Waals surface area (Å²) in [5, 5.41) is 13.6. The van der Waals surface area contributed by atoms with Crippen molar-refractivity contribution in [1.82, 2.24) is 5.32 Å². The zero-order valence-electron chi connectivity index (χ0n) is 8.96. The van der Waals surface area contributed by atoms with Gasteiger partial charge in [-0.05, 0) is 32.6 Å². The average molecular weight is 199 g/mol. The highest BCUT2D eigenvalue weighted by atomic mass is 16.5. The van der Waals surface area contributed by atoms with Crippen LogP contribution in [0.3, 0.4) is 0 Å². The highest BCUT2D eigenvalue weighted by Gasteiger charge is 2.42. The number of hydrogen-bond donors (Lipinski definition) is 2. The summed E-state index contributed by atoms with van der Waals surface area (Å²) >= 11 is 0. The molecule has 3 nitrogen and oxygen atoms in total. The summed E-state index contributed by atoms with van der Waals surface area (Å²) in [4.78, 5) is 0. The first-order chi connectivity index (χ1) is 6.74. The molecule has 0 spiro atoms. The summed E-state index contributed by atoms with van der Waals surface area (Å²) in [5.41, 5.74) is -0.390. The molecule has 82 valence electrons. The van der Waals surface area contributed by atoms with Gasteiger partial charge in [0.15, 0.2) is 0 Å². The van der Waals surface area contributed by atoms with Gasteiger partial charge >= 0.3 is 0 Å². The molecule has 0 aromatic rings. The Balaban J connectivity index is 1.81. The smallest absolute Gasteiger partial charge is 0.0702 e. The van der Waals surface area contributed by atoms with Gasteiger partial charge in [-0.25, -0.2) is 0 Å². The largest absolute Gasteiger partial charge is 0.389 e. The molecular weight excluding hydrogens is 178 g/mol. The van der Waals surface area contributed by atoms with E-state index in [1.807, 2.05) is 6.92 Å². The van der Waals surface area contributed by atoms with Crippen molar-refractivity contribution >= 4 is 0 Å². The van der Waals surface area contributed by atoms with E-state index in [1.165, 1.54) is 0 Å². The minimum Gasteiger partial charge on any atom is -0.389 e. The molecule has 0 aromatic heterocycles. The van der Waals surface area contributed by atoms with Gasteiger partial charge in [0.05, 0.1) is 11.7 Å². The van der Waals surface area contributed by atoms with Gasteiger partial charge in [0.2, 0.25) is 0 Å². The third-order valence-corrected chi connectivity index (χ3v) is 3.74. The lowest BCUT2D eigenvalue weighted by Crippen LogP contribution is -2.57. The lowest BCUT2D eigenvalue weighted by Gasteiger charge is -2.45. The maximum Gasteiger partial charge on any atom is 0.0702 e. The van der Waals surface area contributed by atoms with Crippen LogP contribution in [0.15, 0.2) is 0 Å². The third kappa shape index (κ3) is 1.95. The van der Waals surface area contributed by atoms with Crippen molar-refractivity contribution in [1.29, 1.82) is 0 Å². The van der Waals surface area contributed by atoms with Gasteiger partial charge in [0, 0.05) is 25.6 Å². The Morgan fingerprint density at radius 1 is 1.36 bits per heavy atom. The summed E-state index contributed by atoms with van der Waals surface area (Å²) in [7, 11) is 0. The molecule has 0 unspecified atom stereocenters. The molecule has 1 heterocycles. The van der Waals surface area contributed by atoms with Crippen LogP contribution in [0.25, 0.3) is 0 Å². The Labute approximate surface area is 85.8 Å². The summed E-state index contributed by atoms with van der Waals surface area (Å²) in [6, 6.07) is 0. The lowest BCUT2D eigenvalue weighted by molar-refractivity contribution is -0.0980. The van der Waals surface area contributed by atoms with E-state index in [2.05, 4.69) is 5.32 Å². The van der Waals surface area contributed by atoms with E-state index in [-0.39, 0.29) is 0 Å². The number of rotatable bonds is 3. The van der Waals surface area contributed by atoms with Gasteiger partial charge < -0.3 is 15.2 Å². The quantitative estimate of drug-likeness (QED) is 0.710. The van der Waals surface area contributed by atoms with Crippen molar-refractivity contribution < 1.29 is 9.84 Å². The highest BCUT2D eigenvalue weighted by Crippen LogP contribution is 2.37.